The van der Waals surface area contributed by atoms with Gasteiger partial charge in [-0.15, -0.1) is 11.3 Å². The first kappa shape index (κ1) is 39.0. The van der Waals surface area contributed by atoms with Crippen molar-refractivity contribution in [3.8, 4) is 5.88 Å². The molecule has 16 heteroatoms. The number of sulfonamides is 1. The number of allylic oxidation sites excluding steroid dienone is 1. The van der Waals surface area contributed by atoms with E-state index >= 15 is 0 Å². The van der Waals surface area contributed by atoms with Crippen molar-refractivity contribution in [1.82, 2.24) is 25.2 Å². The van der Waals surface area contributed by atoms with Crippen molar-refractivity contribution in [2.24, 2.45) is 5.92 Å². The van der Waals surface area contributed by atoms with Crippen LogP contribution in [-0.4, -0.2) is 83.2 Å². The van der Waals surface area contributed by atoms with Gasteiger partial charge in [-0.1, -0.05) is 43.2 Å². The third-order valence-electron chi connectivity index (χ3n) is 11.1. The summed E-state index contributed by atoms with van der Waals surface area (Å²) in [6, 6.07) is 9.92. The number of nitrogens with one attached hydrogen (secondary N) is 3. The van der Waals surface area contributed by atoms with Gasteiger partial charge >= 0.3 is 6.09 Å². The van der Waals surface area contributed by atoms with Crippen LogP contribution in [0.15, 0.2) is 54.6 Å². The minimum absolute atomic E-state index is 0.0128. The molecule has 2 aliphatic heterocycles. The molecule has 3 fully saturated rings. The minimum atomic E-state index is -3.91. The molecule has 0 unspecified atom stereocenters. The predicted molar refractivity (Wildman–Crippen MR) is 214 cm³/mol. The molecule has 4 aliphatic rings. The Labute approximate surface area is 333 Å². The van der Waals surface area contributed by atoms with E-state index in [1.165, 1.54) is 28.4 Å². The molecule has 2 saturated carbocycles. The van der Waals surface area contributed by atoms with E-state index in [2.05, 4.69) is 15.4 Å². The summed E-state index contributed by atoms with van der Waals surface area (Å²) in [6.45, 7) is 5.12. The maximum atomic E-state index is 14.6. The highest BCUT2D eigenvalue weighted by atomic mass is 32.2. The highest BCUT2D eigenvalue weighted by Crippen LogP contribution is 2.46. The normalized spacial score (nSPS) is 26.5. The van der Waals surface area contributed by atoms with E-state index in [1.807, 2.05) is 36.4 Å². The first-order valence-electron chi connectivity index (χ1n) is 19.5. The fourth-order valence-corrected chi connectivity index (χ4v) is 10.5. The van der Waals surface area contributed by atoms with Crippen molar-refractivity contribution < 1.29 is 41.5 Å². The molecule has 4 aromatic rings. The van der Waals surface area contributed by atoms with E-state index in [1.54, 1.807) is 26.8 Å². The molecular formula is C41H46FN5O8S2. The molecule has 0 bridgehead atoms. The average Bonchev–Trinajstić information content (AvgIpc) is 4.05. The summed E-state index contributed by atoms with van der Waals surface area (Å²) >= 11 is 1.43. The zero-order valence-corrected chi connectivity index (χ0v) is 33.6. The maximum absolute atomic E-state index is 14.6. The monoisotopic (exact) mass is 819 g/mol. The molecule has 5 atom stereocenters. The molecular weight excluding hydrogens is 774 g/mol. The Bertz CT molecular complexity index is 2430. The van der Waals surface area contributed by atoms with Crippen LogP contribution >= 0.6 is 11.3 Å². The van der Waals surface area contributed by atoms with E-state index in [-0.39, 0.29) is 31.1 Å². The Morgan fingerprint density at radius 2 is 1.81 bits per heavy atom. The Morgan fingerprint density at radius 3 is 2.56 bits per heavy atom. The molecule has 2 aliphatic carbocycles. The quantitative estimate of drug-likeness (QED) is 0.198. The summed E-state index contributed by atoms with van der Waals surface area (Å²) < 4.78 is 56.0. The Kier molecular flexibility index (Phi) is 10.2. The van der Waals surface area contributed by atoms with E-state index < -0.39 is 74.3 Å². The van der Waals surface area contributed by atoms with Gasteiger partial charge in [-0.05, 0) is 83.6 Å². The van der Waals surface area contributed by atoms with Crippen LogP contribution in [0.25, 0.3) is 31.1 Å². The molecule has 2 aromatic carbocycles. The lowest BCUT2D eigenvalue weighted by molar-refractivity contribution is -0.141. The average molecular weight is 820 g/mol. The zero-order valence-electron chi connectivity index (χ0n) is 32.0. The lowest BCUT2D eigenvalue weighted by Crippen LogP contribution is -2.58. The van der Waals surface area contributed by atoms with Crippen LogP contribution in [0.3, 0.4) is 0 Å². The van der Waals surface area contributed by atoms with Crippen LogP contribution in [0.4, 0.5) is 9.18 Å². The lowest BCUT2D eigenvalue weighted by atomic mass is 10.0. The number of hydrogen-bond donors (Lipinski definition) is 3. The number of carbonyl (C=O) groups is 4. The first-order valence-corrected chi connectivity index (χ1v) is 21.9. The topological polar surface area (TPSA) is 173 Å². The van der Waals surface area contributed by atoms with Gasteiger partial charge < -0.3 is 25.0 Å². The molecule has 3 N–H and O–H groups in total. The van der Waals surface area contributed by atoms with Crippen LogP contribution in [-0.2, 0) is 29.1 Å². The van der Waals surface area contributed by atoms with Gasteiger partial charge in [0.15, 0.2) is 0 Å². The second-order valence-electron chi connectivity index (χ2n) is 16.6. The third-order valence-corrected chi connectivity index (χ3v) is 14.0. The van der Waals surface area contributed by atoms with Crippen LogP contribution in [0.5, 0.6) is 5.88 Å². The smallest absolute Gasteiger partial charge is 0.408 e. The van der Waals surface area contributed by atoms with Gasteiger partial charge in [-0.2, -0.15) is 0 Å². The number of amides is 4. The van der Waals surface area contributed by atoms with Crippen LogP contribution < -0.4 is 20.1 Å². The summed E-state index contributed by atoms with van der Waals surface area (Å²) in [4.78, 5) is 62.3. The summed E-state index contributed by atoms with van der Waals surface area (Å²) in [5.74, 6) is -2.49. The van der Waals surface area contributed by atoms with Crippen molar-refractivity contribution in [3.63, 3.8) is 0 Å². The number of nitrogens with zero attached hydrogens (tertiary/aromatic N) is 2. The molecule has 2 aromatic heterocycles. The number of aromatic nitrogens is 1. The number of alkyl carbamates (subject to hydrolysis) is 1. The van der Waals surface area contributed by atoms with E-state index in [0.717, 1.165) is 33.0 Å². The second kappa shape index (κ2) is 14.8. The van der Waals surface area contributed by atoms with E-state index in [0.29, 0.717) is 43.0 Å². The highest BCUT2D eigenvalue weighted by molar-refractivity contribution is 7.91. The van der Waals surface area contributed by atoms with Crippen molar-refractivity contribution in [1.29, 1.82) is 0 Å². The number of thiophene rings is 1. The van der Waals surface area contributed by atoms with Gasteiger partial charge in [-0.3, -0.25) is 19.1 Å². The Hall–Kier alpha value is -4.83. The third kappa shape index (κ3) is 8.02. The SMILES string of the molecule is CC(C)(C)OC(=O)N[C@H]1CCCCC/C=C\[C@@H]2C[C@@]2(C(=O)NS(=O)(=O)C2CC2)NC(=O)[C@@H]2C[C@@H](Oc3nc4c5ccc(F)cc5sc4c4ccccc34)CN2C1=O. The van der Waals surface area contributed by atoms with Gasteiger partial charge in [0.25, 0.3) is 5.91 Å². The fourth-order valence-electron chi connectivity index (χ4n) is 7.92. The number of fused-ring (bicyclic) bond motifs is 7. The van der Waals surface area contributed by atoms with E-state index in [9.17, 15) is 32.0 Å². The summed E-state index contributed by atoms with van der Waals surface area (Å²) in [5, 5.41) is 7.30. The molecule has 4 amide bonds. The Morgan fingerprint density at radius 1 is 1.04 bits per heavy atom. The maximum Gasteiger partial charge on any atom is 0.408 e. The molecule has 57 heavy (non-hydrogen) atoms. The van der Waals surface area contributed by atoms with E-state index in [4.69, 9.17) is 14.5 Å². The van der Waals surface area contributed by atoms with Crippen LogP contribution in [0, 0.1) is 11.7 Å². The predicted octanol–water partition coefficient (Wildman–Crippen LogP) is 5.99. The summed E-state index contributed by atoms with van der Waals surface area (Å²) in [7, 11) is -3.91. The van der Waals surface area contributed by atoms with Gasteiger partial charge in [0.1, 0.15) is 35.1 Å². The summed E-state index contributed by atoms with van der Waals surface area (Å²) in [5.41, 5.74) is -1.72. The number of carbonyl (C=O) groups excluding carboxylic acids is 4. The highest BCUT2D eigenvalue weighted by Gasteiger charge is 2.62. The van der Waals surface area contributed by atoms with Crippen molar-refractivity contribution in [2.75, 3.05) is 6.54 Å². The number of rotatable bonds is 6. The number of benzene rings is 2. The molecule has 13 nitrogen and oxygen atoms in total. The summed E-state index contributed by atoms with van der Waals surface area (Å²) in [6.07, 6.45) is 6.51. The number of hydrogen-bond acceptors (Lipinski definition) is 10. The first-order chi connectivity index (χ1) is 27.1. The number of halogens is 1. The fraction of sp³-hybridized carbons (Fsp3) is 0.488. The molecule has 0 radical (unpaired) electrons. The molecule has 8 rings (SSSR count). The van der Waals surface area contributed by atoms with Crippen LogP contribution in [0.1, 0.15) is 78.6 Å². The van der Waals surface area contributed by atoms with Crippen LogP contribution in [0.2, 0.25) is 0 Å². The van der Waals surface area contributed by atoms with Gasteiger partial charge in [0.05, 0.1) is 22.0 Å². The van der Waals surface area contributed by atoms with Crippen molar-refractivity contribution in [3.05, 3.63) is 60.4 Å². The molecule has 302 valence electrons. The number of pyridine rings is 1. The zero-order chi connectivity index (χ0) is 40.3. The van der Waals surface area contributed by atoms with Crippen molar-refractivity contribution in [2.45, 2.75) is 113 Å². The number of ether oxygens (including phenoxy) is 2. The van der Waals surface area contributed by atoms with Gasteiger partial charge in [-0.25, -0.2) is 22.6 Å². The largest absolute Gasteiger partial charge is 0.472 e. The standard InChI is InChI=1S/C41H46FN5O8S2/c1-40(2,3)55-39(51)43-30-14-8-6-4-5-7-11-23-21-41(23,38(50)46-57(52,53)26-16-17-26)45-35(48)31-20-25(22-47(31)37(30)49)54-36-28-13-10-9-12-27(28)34-33(44-36)29-18-15-24(42)19-32(29)56-34/h7,9-13,15,18-19,23,25-26,30-31H,4-6,8,14,16-17,20-22H2,1-3H3,(H,43,51)(H,45,48)(H,46,50)/b11-7-/t23-,25-,30+,31+,41-/m1/s1. The molecule has 1 saturated heterocycles. The molecule has 0 spiro atoms. The van der Waals surface area contributed by atoms with Gasteiger partial charge in [0, 0.05) is 33.2 Å². The Balaban J connectivity index is 1.14. The van der Waals surface area contributed by atoms with Gasteiger partial charge in [0.2, 0.25) is 27.7 Å². The van der Waals surface area contributed by atoms with Crippen molar-refractivity contribution >= 4 is 76.3 Å². The lowest BCUT2D eigenvalue weighted by Gasteiger charge is -2.30. The minimum Gasteiger partial charge on any atom is -0.472 e. The second-order valence-corrected chi connectivity index (χ2v) is 19.6. The molecule has 4 heterocycles.